The summed E-state index contributed by atoms with van der Waals surface area (Å²) in [4.78, 5) is 9.87. The highest BCUT2D eigenvalue weighted by Crippen LogP contribution is 1.95. The summed E-state index contributed by atoms with van der Waals surface area (Å²) in [6.07, 6.45) is 2.62. The van der Waals surface area contributed by atoms with Gasteiger partial charge in [0, 0.05) is 19.0 Å². The van der Waals surface area contributed by atoms with Gasteiger partial charge in [-0.25, -0.2) is 0 Å². The van der Waals surface area contributed by atoms with Crippen molar-refractivity contribution in [3.05, 3.63) is 0 Å². The van der Waals surface area contributed by atoms with Crippen molar-refractivity contribution in [3.63, 3.8) is 0 Å². The van der Waals surface area contributed by atoms with E-state index in [9.17, 15) is 9.90 Å². The van der Waals surface area contributed by atoms with Crippen LogP contribution >= 0.6 is 0 Å². The van der Waals surface area contributed by atoms with Gasteiger partial charge in [-0.15, -0.1) is 0 Å². The minimum atomic E-state index is -1.08. The van der Waals surface area contributed by atoms with Crippen molar-refractivity contribution in [2.24, 2.45) is 0 Å². The molecule has 0 fully saturated rings. The summed E-state index contributed by atoms with van der Waals surface area (Å²) < 4.78 is 11.0. The molecule has 0 atom stereocenters. The van der Waals surface area contributed by atoms with Crippen LogP contribution in [-0.2, 0) is 14.3 Å². The van der Waals surface area contributed by atoms with E-state index in [0.29, 0.717) is 19.8 Å². The van der Waals surface area contributed by atoms with Crippen molar-refractivity contribution in [3.8, 4) is 0 Å². The SMILES string of the molecule is CCCC[N+](C)(C)C.CCOCCOCCC(=O)[O-]. The first-order valence-corrected chi connectivity index (χ1v) is 6.99. The minimum absolute atomic E-state index is 0.0495. The molecule has 5 nitrogen and oxygen atoms in total. The molecular weight excluding hydrogens is 246 g/mol. The van der Waals surface area contributed by atoms with Crippen LogP contribution in [0.25, 0.3) is 0 Å². The molecule has 0 radical (unpaired) electrons. The maximum Gasteiger partial charge on any atom is 0.0780 e. The molecule has 0 aliphatic heterocycles. The zero-order valence-electron chi connectivity index (χ0n) is 13.2. The molecule has 0 spiro atoms. The molecule has 0 bridgehead atoms. The number of quaternary nitrogens is 1. The van der Waals surface area contributed by atoms with Gasteiger partial charge in [-0.2, -0.15) is 0 Å². The van der Waals surface area contributed by atoms with Crippen molar-refractivity contribution >= 4 is 5.97 Å². The van der Waals surface area contributed by atoms with Gasteiger partial charge in [-0.1, -0.05) is 13.3 Å². The van der Waals surface area contributed by atoms with Gasteiger partial charge in [0.15, 0.2) is 0 Å². The molecule has 0 amide bonds. The highest BCUT2D eigenvalue weighted by molar-refractivity contribution is 5.64. The number of carboxylic acid groups (broad SMARTS) is 1. The van der Waals surface area contributed by atoms with Crippen molar-refractivity contribution in [2.75, 3.05) is 54.1 Å². The number of carboxylic acids is 1. The highest BCUT2D eigenvalue weighted by atomic mass is 16.5. The number of rotatable bonds is 10. The monoisotopic (exact) mass is 277 g/mol. The van der Waals surface area contributed by atoms with Crippen LogP contribution in [0.15, 0.2) is 0 Å². The van der Waals surface area contributed by atoms with Gasteiger partial charge in [0.25, 0.3) is 0 Å². The molecule has 0 saturated heterocycles. The lowest BCUT2D eigenvalue weighted by Crippen LogP contribution is -2.35. The second kappa shape index (κ2) is 13.8. The second-order valence-electron chi connectivity index (χ2n) is 5.30. The van der Waals surface area contributed by atoms with E-state index in [1.165, 1.54) is 19.4 Å². The predicted octanol–water partition coefficient (Wildman–Crippen LogP) is 0.672. The van der Waals surface area contributed by atoms with Crippen LogP contribution in [0.4, 0.5) is 0 Å². The van der Waals surface area contributed by atoms with E-state index in [1.54, 1.807) is 0 Å². The molecule has 0 aromatic heterocycles. The normalized spacial score (nSPS) is 10.8. The molecule has 0 aromatic carbocycles. The average molecular weight is 277 g/mol. The molecule has 19 heavy (non-hydrogen) atoms. The fourth-order valence-electron chi connectivity index (χ4n) is 1.15. The Bertz CT molecular complexity index is 202. The molecule has 0 aliphatic carbocycles. The number of unbranched alkanes of at least 4 members (excludes halogenated alkanes) is 1. The molecular formula is C14H31NO4. The van der Waals surface area contributed by atoms with Crippen molar-refractivity contribution < 1.29 is 23.9 Å². The van der Waals surface area contributed by atoms with Gasteiger partial charge >= 0.3 is 0 Å². The van der Waals surface area contributed by atoms with Crippen molar-refractivity contribution in [1.29, 1.82) is 0 Å². The van der Waals surface area contributed by atoms with E-state index in [4.69, 9.17) is 9.47 Å². The Hall–Kier alpha value is -0.650. The van der Waals surface area contributed by atoms with Crippen LogP contribution in [0.1, 0.15) is 33.1 Å². The Morgan fingerprint density at radius 2 is 1.63 bits per heavy atom. The Morgan fingerprint density at radius 1 is 1.05 bits per heavy atom. The van der Waals surface area contributed by atoms with E-state index in [-0.39, 0.29) is 13.0 Å². The molecule has 116 valence electrons. The third-order valence-corrected chi connectivity index (χ3v) is 2.21. The van der Waals surface area contributed by atoms with E-state index in [2.05, 4.69) is 28.1 Å². The smallest absolute Gasteiger partial charge is 0.0780 e. The molecule has 5 heteroatoms. The lowest BCUT2D eigenvalue weighted by Gasteiger charge is -2.23. The van der Waals surface area contributed by atoms with Gasteiger partial charge in [0.1, 0.15) is 0 Å². The number of hydrogen-bond donors (Lipinski definition) is 0. The van der Waals surface area contributed by atoms with Gasteiger partial charge < -0.3 is 23.9 Å². The van der Waals surface area contributed by atoms with Gasteiger partial charge in [0.2, 0.25) is 0 Å². The Morgan fingerprint density at radius 3 is 2.00 bits per heavy atom. The second-order valence-corrected chi connectivity index (χ2v) is 5.30. The summed E-state index contributed by atoms with van der Waals surface area (Å²) >= 11 is 0. The fourth-order valence-corrected chi connectivity index (χ4v) is 1.15. The number of carbonyl (C=O) groups is 1. The summed E-state index contributed by atoms with van der Waals surface area (Å²) in [7, 11) is 6.70. The molecule has 0 saturated carbocycles. The van der Waals surface area contributed by atoms with E-state index in [1.807, 2.05) is 6.92 Å². The maximum absolute atomic E-state index is 9.87. The fraction of sp³-hybridized carbons (Fsp3) is 0.929. The molecule has 0 unspecified atom stereocenters. The van der Waals surface area contributed by atoms with E-state index < -0.39 is 5.97 Å². The predicted molar refractivity (Wildman–Crippen MR) is 74.7 cm³/mol. The summed E-state index contributed by atoms with van der Waals surface area (Å²) in [6, 6.07) is 0. The topological polar surface area (TPSA) is 58.6 Å². The lowest BCUT2D eigenvalue weighted by molar-refractivity contribution is -0.870. The number of carbonyl (C=O) groups excluding carboxylic acids is 1. The summed E-state index contributed by atoms with van der Waals surface area (Å²) in [5, 5.41) is 9.87. The quantitative estimate of drug-likeness (QED) is 0.435. The van der Waals surface area contributed by atoms with Crippen molar-refractivity contribution in [2.45, 2.75) is 33.1 Å². The number of nitrogens with zero attached hydrogens (tertiary/aromatic N) is 1. The third kappa shape index (κ3) is 26.8. The molecule has 0 aliphatic rings. The number of ether oxygens (including phenoxy) is 2. The Balaban J connectivity index is 0. The third-order valence-electron chi connectivity index (χ3n) is 2.21. The minimum Gasteiger partial charge on any atom is -0.550 e. The van der Waals surface area contributed by atoms with E-state index in [0.717, 1.165) is 4.48 Å². The van der Waals surface area contributed by atoms with Crippen molar-refractivity contribution in [1.82, 2.24) is 0 Å². The standard InChI is InChI=1S/C7H18N.C7H14O4/c1-5-6-7-8(2,3)4;1-2-10-5-6-11-4-3-7(8)9/h5-7H2,1-4H3;2-6H2,1H3,(H,8,9)/q+1;/p-1. The first-order valence-electron chi connectivity index (χ1n) is 6.99. The Kier molecular flexibility index (Phi) is 15.0. The molecule has 0 heterocycles. The number of hydrogen-bond acceptors (Lipinski definition) is 4. The van der Waals surface area contributed by atoms with Gasteiger partial charge in [-0.3, -0.25) is 0 Å². The number of aliphatic carboxylic acids is 1. The largest absolute Gasteiger partial charge is 0.550 e. The molecule has 0 N–H and O–H groups in total. The summed E-state index contributed by atoms with van der Waals surface area (Å²) in [5.74, 6) is -1.08. The van der Waals surface area contributed by atoms with Crippen LogP contribution in [-0.4, -0.2) is 64.6 Å². The Labute approximate surface area is 118 Å². The first kappa shape index (κ1) is 20.7. The van der Waals surface area contributed by atoms with Crippen LogP contribution in [0.3, 0.4) is 0 Å². The zero-order valence-corrected chi connectivity index (χ0v) is 13.2. The first-order chi connectivity index (χ1) is 8.83. The van der Waals surface area contributed by atoms with Gasteiger partial charge in [0.05, 0.1) is 47.5 Å². The average Bonchev–Trinajstić information content (AvgIpc) is 2.30. The molecule has 0 aromatic rings. The summed E-state index contributed by atoms with van der Waals surface area (Å²) in [6.45, 7) is 7.25. The van der Waals surface area contributed by atoms with E-state index >= 15 is 0 Å². The van der Waals surface area contributed by atoms with Crippen LogP contribution < -0.4 is 5.11 Å². The zero-order chi connectivity index (χ0) is 15.1. The lowest BCUT2D eigenvalue weighted by atomic mass is 10.3. The van der Waals surface area contributed by atoms with Crippen LogP contribution in [0.2, 0.25) is 0 Å². The maximum atomic E-state index is 9.87. The van der Waals surface area contributed by atoms with Gasteiger partial charge in [-0.05, 0) is 13.3 Å². The van der Waals surface area contributed by atoms with Crippen LogP contribution in [0, 0.1) is 0 Å². The molecule has 0 rings (SSSR count). The highest BCUT2D eigenvalue weighted by Gasteiger charge is 2.02. The summed E-state index contributed by atoms with van der Waals surface area (Å²) in [5.41, 5.74) is 0. The van der Waals surface area contributed by atoms with Crippen LogP contribution in [0.5, 0.6) is 0 Å².